The highest BCUT2D eigenvalue weighted by atomic mass is 19.1. The average molecular weight is 463 g/mol. The molecule has 0 saturated carbocycles. The molecule has 178 valence electrons. The molecular weight excluding hydrogens is 431 g/mol. The number of halogens is 1. The third-order valence-corrected chi connectivity index (χ3v) is 6.67. The summed E-state index contributed by atoms with van der Waals surface area (Å²) in [6.45, 7) is 4.30. The van der Waals surface area contributed by atoms with E-state index in [0.29, 0.717) is 53.3 Å². The lowest BCUT2D eigenvalue weighted by Gasteiger charge is -2.27. The number of H-pyrrole nitrogens is 1. The van der Waals surface area contributed by atoms with Crippen molar-refractivity contribution in [3.8, 4) is 0 Å². The monoisotopic (exact) mass is 462 g/mol. The number of hydrogen-bond acceptors (Lipinski definition) is 4. The number of pyridine rings is 1. The van der Waals surface area contributed by atoms with Crippen LogP contribution in [0, 0.1) is 18.3 Å². The molecule has 1 aliphatic heterocycles. The van der Waals surface area contributed by atoms with Crippen LogP contribution in [0.3, 0.4) is 0 Å². The van der Waals surface area contributed by atoms with Gasteiger partial charge in [-0.3, -0.25) is 15.2 Å². The number of aromatic nitrogens is 1. The fourth-order valence-corrected chi connectivity index (χ4v) is 4.70. The van der Waals surface area contributed by atoms with E-state index in [0.717, 1.165) is 30.4 Å². The van der Waals surface area contributed by atoms with E-state index in [1.165, 1.54) is 13.2 Å². The van der Waals surface area contributed by atoms with Gasteiger partial charge in [-0.15, -0.1) is 0 Å². The molecule has 1 atom stereocenters. The summed E-state index contributed by atoms with van der Waals surface area (Å²) in [5.41, 5.74) is 3.89. The van der Waals surface area contributed by atoms with Gasteiger partial charge in [-0.05, 0) is 62.8 Å². The smallest absolute Gasteiger partial charge is 0.192 e. The fraction of sp³-hybridized carbons (Fsp3) is 0.370. The molecule has 1 aliphatic carbocycles. The predicted molar refractivity (Wildman–Crippen MR) is 135 cm³/mol. The molecule has 2 N–H and O–H groups in total. The van der Waals surface area contributed by atoms with Gasteiger partial charge in [-0.1, -0.05) is 24.3 Å². The molecule has 2 aromatic rings. The van der Waals surface area contributed by atoms with Gasteiger partial charge >= 0.3 is 0 Å². The number of rotatable bonds is 4. The number of allylic oxidation sites excluding steroid dienone is 5. The Morgan fingerprint density at radius 1 is 1.26 bits per heavy atom. The molecule has 0 amide bonds. The quantitative estimate of drug-likeness (QED) is 0.568. The van der Waals surface area contributed by atoms with Crippen molar-refractivity contribution < 1.29 is 9.13 Å². The molecule has 0 bridgehead atoms. The number of fused-ring (bicyclic) bond motifs is 1. The number of aromatic amines is 1. The summed E-state index contributed by atoms with van der Waals surface area (Å²) < 4.78 is 19.2. The van der Waals surface area contributed by atoms with Crippen LogP contribution in [0.1, 0.15) is 50.3 Å². The molecule has 1 unspecified atom stereocenters. The van der Waals surface area contributed by atoms with Crippen LogP contribution in [-0.4, -0.2) is 35.2 Å². The topological polar surface area (TPSA) is 81.5 Å². The minimum absolute atomic E-state index is 0.00299. The molecule has 34 heavy (non-hydrogen) atoms. The first-order chi connectivity index (χ1) is 16.4. The van der Waals surface area contributed by atoms with Gasteiger partial charge in [0.25, 0.3) is 0 Å². The first-order valence-corrected chi connectivity index (χ1v) is 11.7. The molecule has 4 rings (SSSR count). The average Bonchev–Trinajstić information content (AvgIpc) is 3.02. The summed E-state index contributed by atoms with van der Waals surface area (Å²) in [5, 5.41) is 15.8. The Balaban J connectivity index is 1.50. The summed E-state index contributed by atoms with van der Waals surface area (Å²) in [4.78, 5) is 16.2. The molecule has 1 fully saturated rings. The van der Waals surface area contributed by atoms with Crippen LogP contribution in [0.25, 0.3) is 10.9 Å². The van der Waals surface area contributed by atoms with Gasteiger partial charge in [0.05, 0.1) is 18.5 Å². The van der Waals surface area contributed by atoms with Crippen molar-refractivity contribution in [2.75, 3.05) is 13.7 Å². The lowest BCUT2D eigenvalue weighted by Crippen LogP contribution is -2.31. The van der Waals surface area contributed by atoms with Gasteiger partial charge in [0, 0.05) is 35.9 Å². The summed E-state index contributed by atoms with van der Waals surface area (Å²) >= 11 is 0. The second-order valence-electron chi connectivity index (χ2n) is 8.85. The van der Waals surface area contributed by atoms with Crippen LogP contribution >= 0.6 is 0 Å². The maximum Gasteiger partial charge on any atom is 0.192 e. The molecule has 0 spiro atoms. The number of nitrogens with one attached hydrogen (secondary N) is 2. The number of ether oxygens (including phenoxy) is 1. The maximum atomic E-state index is 14.1. The first kappa shape index (κ1) is 23.7. The zero-order chi connectivity index (χ0) is 24.2. The SMILES string of the molecule is COC1=C(F)C=CC(C2CCCN(/N=C(\C)c3[nH]c4ccccc4c(=O)c3C)C(=N)CC2)=CC1. The van der Waals surface area contributed by atoms with Crippen LogP contribution in [0.2, 0.25) is 0 Å². The van der Waals surface area contributed by atoms with Gasteiger partial charge < -0.3 is 9.72 Å². The zero-order valence-electron chi connectivity index (χ0n) is 20.0. The number of methoxy groups -OCH3 is 1. The summed E-state index contributed by atoms with van der Waals surface area (Å²) in [7, 11) is 1.49. The normalized spacial score (nSPS) is 20.2. The minimum Gasteiger partial charge on any atom is -0.498 e. The Hall–Kier alpha value is -3.48. The molecule has 2 aliphatic rings. The largest absolute Gasteiger partial charge is 0.498 e. The van der Waals surface area contributed by atoms with Gasteiger partial charge in [-0.25, -0.2) is 4.39 Å². The lowest BCUT2D eigenvalue weighted by atomic mass is 9.87. The second kappa shape index (κ2) is 10.2. The third-order valence-electron chi connectivity index (χ3n) is 6.67. The Bertz CT molecular complexity index is 1290. The molecule has 0 radical (unpaired) electrons. The third kappa shape index (κ3) is 4.88. The highest BCUT2D eigenvalue weighted by Crippen LogP contribution is 2.30. The first-order valence-electron chi connectivity index (χ1n) is 11.7. The number of hydrazone groups is 1. The van der Waals surface area contributed by atoms with E-state index in [4.69, 9.17) is 15.2 Å². The Morgan fingerprint density at radius 3 is 2.85 bits per heavy atom. The van der Waals surface area contributed by atoms with E-state index in [-0.39, 0.29) is 17.2 Å². The van der Waals surface area contributed by atoms with E-state index < -0.39 is 0 Å². The maximum absolute atomic E-state index is 14.1. The Labute approximate surface area is 199 Å². The fourth-order valence-electron chi connectivity index (χ4n) is 4.70. The summed E-state index contributed by atoms with van der Waals surface area (Å²) in [5.74, 6) is 0.741. The van der Waals surface area contributed by atoms with Crippen LogP contribution in [-0.2, 0) is 4.74 Å². The summed E-state index contributed by atoms with van der Waals surface area (Å²) in [6, 6.07) is 7.46. The second-order valence-corrected chi connectivity index (χ2v) is 8.85. The minimum atomic E-state index is -0.328. The van der Waals surface area contributed by atoms with Crippen molar-refractivity contribution in [2.24, 2.45) is 11.0 Å². The molecule has 1 saturated heterocycles. The molecule has 2 heterocycles. The highest BCUT2D eigenvalue weighted by Gasteiger charge is 2.22. The van der Waals surface area contributed by atoms with Crippen molar-refractivity contribution in [2.45, 2.75) is 46.0 Å². The van der Waals surface area contributed by atoms with E-state index in [2.05, 4.69) is 4.98 Å². The highest BCUT2D eigenvalue weighted by molar-refractivity contribution is 6.00. The number of para-hydroxylation sites is 1. The number of amidine groups is 1. The number of hydrogen-bond donors (Lipinski definition) is 2. The van der Waals surface area contributed by atoms with Crippen LogP contribution < -0.4 is 5.43 Å². The van der Waals surface area contributed by atoms with Gasteiger partial charge in [0.2, 0.25) is 0 Å². The molecular formula is C27H31FN4O2. The van der Waals surface area contributed by atoms with Crippen molar-refractivity contribution in [1.29, 1.82) is 5.41 Å². The van der Waals surface area contributed by atoms with E-state index in [1.807, 2.05) is 50.3 Å². The number of nitrogens with zero attached hydrogens (tertiary/aromatic N) is 2. The standard InChI is InChI=1S/C27H31FN4O2/c1-17-26(30-23-9-5-4-8-21(23)27(17)33)18(2)31-32-16-6-7-19(12-15-25(32)29)20-10-13-22(28)24(34-3)14-11-20/h4-5,8-11,13,19,29H,6-7,12,14-16H2,1-3H3,(H,30,33)/b29-25?,31-18+. The van der Waals surface area contributed by atoms with Crippen LogP contribution in [0.5, 0.6) is 0 Å². The van der Waals surface area contributed by atoms with Gasteiger partial charge in [0.1, 0.15) is 11.6 Å². The molecule has 1 aromatic heterocycles. The molecule has 7 heteroatoms. The predicted octanol–water partition coefficient (Wildman–Crippen LogP) is 5.74. The molecule has 1 aromatic carbocycles. The number of benzene rings is 1. The lowest BCUT2D eigenvalue weighted by molar-refractivity contribution is 0.271. The summed E-state index contributed by atoms with van der Waals surface area (Å²) in [6.07, 6.45) is 8.97. The van der Waals surface area contributed by atoms with Crippen molar-refractivity contribution in [3.63, 3.8) is 0 Å². The van der Waals surface area contributed by atoms with Crippen molar-refractivity contribution >= 4 is 22.5 Å². The Kier molecular flexibility index (Phi) is 7.10. The van der Waals surface area contributed by atoms with E-state index in [1.54, 1.807) is 5.01 Å². The van der Waals surface area contributed by atoms with E-state index >= 15 is 0 Å². The molecule has 6 nitrogen and oxygen atoms in total. The van der Waals surface area contributed by atoms with Crippen molar-refractivity contribution in [1.82, 2.24) is 9.99 Å². The van der Waals surface area contributed by atoms with Crippen molar-refractivity contribution in [3.05, 3.63) is 81.1 Å². The van der Waals surface area contributed by atoms with Gasteiger partial charge in [0.15, 0.2) is 11.3 Å². The van der Waals surface area contributed by atoms with E-state index in [9.17, 15) is 9.18 Å². The van der Waals surface area contributed by atoms with Crippen LogP contribution in [0.15, 0.2) is 69.5 Å². The van der Waals surface area contributed by atoms with Gasteiger partial charge in [-0.2, -0.15) is 5.10 Å². The van der Waals surface area contributed by atoms with Crippen LogP contribution in [0.4, 0.5) is 4.39 Å². The zero-order valence-corrected chi connectivity index (χ0v) is 20.0. The Morgan fingerprint density at radius 2 is 2.06 bits per heavy atom.